The van der Waals surface area contributed by atoms with E-state index in [-0.39, 0.29) is 33.5 Å². The number of ether oxygens (including phenoxy) is 1. The van der Waals surface area contributed by atoms with Gasteiger partial charge in [0.1, 0.15) is 11.6 Å². The third-order valence-electron chi connectivity index (χ3n) is 7.49. The highest BCUT2D eigenvalue weighted by atomic mass is 35.5. The van der Waals surface area contributed by atoms with Crippen LogP contribution in [-0.4, -0.2) is 46.6 Å². The molecule has 5 rings (SSSR count). The zero-order chi connectivity index (χ0) is 29.3. The number of anilines is 2. The topological polar surface area (TPSA) is 128 Å². The van der Waals surface area contributed by atoms with Crippen LogP contribution >= 0.6 is 23.2 Å². The number of aromatic amines is 1. The molecular formula is C28H29Cl2FN6O4. The fraction of sp³-hybridized carbons (Fsp3) is 0.357. The van der Waals surface area contributed by atoms with Crippen molar-refractivity contribution in [3.05, 3.63) is 63.8 Å². The SMILES string of the molecule is COC(=O)Nc1ccc2c(c1)NC(=O)[C@H](C)CCC[C@H](N1CC[C@@H](c3c(Cl)ccc(Cl)c3F)NC1=O)c1ncc-2[nH]1. The third kappa shape index (κ3) is 5.96. The average molecular weight is 603 g/mol. The second-order valence-corrected chi connectivity index (χ2v) is 11.0. The second-order valence-electron chi connectivity index (χ2n) is 10.1. The second kappa shape index (κ2) is 12.0. The van der Waals surface area contributed by atoms with Gasteiger partial charge >= 0.3 is 12.1 Å². The molecule has 2 aromatic carbocycles. The first kappa shape index (κ1) is 28.7. The van der Waals surface area contributed by atoms with Crippen LogP contribution in [-0.2, 0) is 9.53 Å². The number of nitrogens with one attached hydrogen (secondary N) is 4. The van der Waals surface area contributed by atoms with Crippen LogP contribution in [0.1, 0.15) is 56.1 Å². The van der Waals surface area contributed by atoms with Crippen LogP contribution in [0.2, 0.25) is 10.0 Å². The van der Waals surface area contributed by atoms with Crippen molar-refractivity contribution in [3.8, 4) is 11.3 Å². The molecule has 10 nitrogen and oxygen atoms in total. The first-order valence-electron chi connectivity index (χ1n) is 13.2. The summed E-state index contributed by atoms with van der Waals surface area (Å²) in [6.07, 6.45) is 3.20. The summed E-state index contributed by atoms with van der Waals surface area (Å²) in [6, 6.07) is 6.57. The monoisotopic (exact) mass is 602 g/mol. The van der Waals surface area contributed by atoms with Gasteiger partial charge in [0.15, 0.2) is 0 Å². The van der Waals surface area contributed by atoms with E-state index in [1.165, 1.54) is 19.2 Å². The zero-order valence-electron chi connectivity index (χ0n) is 22.4. The number of carbonyl (C=O) groups excluding carboxylic acids is 3. The number of H-pyrrole nitrogens is 1. The van der Waals surface area contributed by atoms with Crippen molar-refractivity contribution in [2.24, 2.45) is 5.92 Å². The van der Waals surface area contributed by atoms with Crippen LogP contribution in [0.5, 0.6) is 0 Å². The van der Waals surface area contributed by atoms with Crippen molar-refractivity contribution >= 4 is 52.6 Å². The minimum atomic E-state index is -0.643. The quantitative estimate of drug-likeness (QED) is 0.249. The van der Waals surface area contributed by atoms with Gasteiger partial charge in [-0.15, -0.1) is 0 Å². The molecule has 13 heteroatoms. The largest absolute Gasteiger partial charge is 0.453 e. The molecule has 216 valence electrons. The van der Waals surface area contributed by atoms with Gasteiger partial charge in [0, 0.05) is 34.3 Å². The van der Waals surface area contributed by atoms with Crippen molar-refractivity contribution in [1.29, 1.82) is 0 Å². The highest BCUT2D eigenvalue weighted by Gasteiger charge is 2.35. The number of fused-ring (bicyclic) bond motifs is 4. The Morgan fingerprint density at radius 2 is 1.93 bits per heavy atom. The Morgan fingerprint density at radius 1 is 1.15 bits per heavy atom. The number of nitrogens with zero attached hydrogens (tertiary/aromatic N) is 2. The summed E-state index contributed by atoms with van der Waals surface area (Å²) in [7, 11) is 1.27. The highest BCUT2D eigenvalue weighted by Crippen LogP contribution is 2.38. The van der Waals surface area contributed by atoms with Crippen molar-refractivity contribution < 1.29 is 23.5 Å². The lowest BCUT2D eigenvalue weighted by Gasteiger charge is -2.38. The molecule has 0 unspecified atom stereocenters. The van der Waals surface area contributed by atoms with Crippen LogP contribution in [0.3, 0.4) is 0 Å². The van der Waals surface area contributed by atoms with E-state index in [2.05, 4.69) is 30.7 Å². The van der Waals surface area contributed by atoms with Crippen molar-refractivity contribution in [2.75, 3.05) is 24.3 Å². The van der Waals surface area contributed by atoms with Crippen LogP contribution < -0.4 is 16.0 Å². The van der Waals surface area contributed by atoms with Crippen molar-refractivity contribution in [1.82, 2.24) is 20.2 Å². The number of aromatic nitrogens is 2. The summed E-state index contributed by atoms with van der Waals surface area (Å²) in [6.45, 7) is 2.17. The van der Waals surface area contributed by atoms with Gasteiger partial charge < -0.3 is 25.3 Å². The zero-order valence-corrected chi connectivity index (χ0v) is 23.9. The summed E-state index contributed by atoms with van der Waals surface area (Å²) in [5.74, 6) is -0.537. The first-order valence-corrected chi connectivity index (χ1v) is 14.0. The number of rotatable bonds is 3. The molecule has 0 aliphatic carbocycles. The molecule has 4 amide bonds. The molecule has 0 spiro atoms. The first-order chi connectivity index (χ1) is 19.7. The molecule has 2 bridgehead atoms. The van der Waals surface area contributed by atoms with Gasteiger partial charge in [-0.05, 0) is 49.6 Å². The van der Waals surface area contributed by atoms with E-state index >= 15 is 0 Å². The predicted octanol–water partition coefficient (Wildman–Crippen LogP) is 6.66. The minimum Gasteiger partial charge on any atom is -0.453 e. The average Bonchev–Trinajstić information content (AvgIpc) is 3.43. The number of amides is 4. The Balaban J connectivity index is 1.45. The third-order valence-corrected chi connectivity index (χ3v) is 8.12. The van der Waals surface area contributed by atoms with Crippen LogP contribution in [0.25, 0.3) is 11.3 Å². The van der Waals surface area contributed by atoms with Crippen LogP contribution in [0.15, 0.2) is 36.5 Å². The van der Waals surface area contributed by atoms with Gasteiger partial charge in [-0.25, -0.2) is 19.0 Å². The number of methoxy groups -OCH3 is 1. The minimum absolute atomic E-state index is 0.0600. The van der Waals surface area contributed by atoms with Gasteiger partial charge in [0.25, 0.3) is 0 Å². The van der Waals surface area contributed by atoms with E-state index in [1.807, 2.05) is 6.92 Å². The van der Waals surface area contributed by atoms with E-state index in [4.69, 9.17) is 23.2 Å². The predicted molar refractivity (Wildman–Crippen MR) is 153 cm³/mol. The van der Waals surface area contributed by atoms with E-state index in [1.54, 1.807) is 29.3 Å². The fourth-order valence-electron chi connectivity index (χ4n) is 5.27. The number of halogens is 3. The van der Waals surface area contributed by atoms with Gasteiger partial charge in [-0.3, -0.25) is 10.1 Å². The number of benzene rings is 2. The molecule has 1 saturated heterocycles. The highest BCUT2D eigenvalue weighted by molar-refractivity contribution is 6.33. The molecule has 3 atom stereocenters. The smallest absolute Gasteiger partial charge is 0.411 e. The van der Waals surface area contributed by atoms with Crippen LogP contribution in [0.4, 0.5) is 25.4 Å². The summed E-state index contributed by atoms with van der Waals surface area (Å²) >= 11 is 12.2. The number of carbonyl (C=O) groups is 3. The van der Waals surface area contributed by atoms with Gasteiger partial charge in [-0.2, -0.15) is 0 Å². The molecule has 1 aromatic heterocycles. The van der Waals surface area contributed by atoms with Crippen molar-refractivity contribution in [2.45, 2.75) is 44.7 Å². The lowest BCUT2D eigenvalue weighted by molar-refractivity contribution is -0.119. The molecule has 41 heavy (non-hydrogen) atoms. The van der Waals surface area contributed by atoms with Gasteiger partial charge in [0.05, 0.1) is 41.8 Å². The maximum absolute atomic E-state index is 14.8. The van der Waals surface area contributed by atoms with E-state index in [9.17, 15) is 18.8 Å². The van der Waals surface area contributed by atoms with E-state index in [0.717, 1.165) is 0 Å². The maximum atomic E-state index is 14.8. The van der Waals surface area contributed by atoms with Gasteiger partial charge in [0.2, 0.25) is 5.91 Å². The number of hydrogen-bond donors (Lipinski definition) is 4. The Hall–Kier alpha value is -3.83. The number of urea groups is 1. The van der Waals surface area contributed by atoms with E-state index in [0.29, 0.717) is 60.7 Å². The summed E-state index contributed by atoms with van der Waals surface area (Å²) in [5.41, 5.74) is 2.39. The number of imidazole rings is 1. The molecule has 2 aliphatic heterocycles. The summed E-state index contributed by atoms with van der Waals surface area (Å²) < 4.78 is 19.5. The molecule has 3 heterocycles. The summed E-state index contributed by atoms with van der Waals surface area (Å²) in [4.78, 5) is 47.8. The molecule has 4 N–H and O–H groups in total. The molecule has 2 aliphatic rings. The van der Waals surface area contributed by atoms with Gasteiger partial charge in [-0.1, -0.05) is 36.5 Å². The molecule has 0 radical (unpaired) electrons. The Bertz CT molecular complexity index is 1500. The Labute approximate surface area is 245 Å². The Morgan fingerprint density at radius 3 is 2.68 bits per heavy atom. The molecule has 3 aromatic rings. The maximum Gasteiger partial charge on any atom is 0.411 e. The fourth-order valence-corrected chi connectivity index (χ4v) is 5.71. The normalized spacial score (nSPS) is 21.1. The molecule has 1 fully saturated rings. The standard InChI is InChI=1S/C28H29Cl2FN6O4/c1-14-4-3-5-22(37-11-10-19(36-27(37)39)23-17(29)8-9-18(30)24(23)31)25-32-13-21(34-25)16-7-6-15(33-28(40)41-2)12-20(16)35-26(14)38/h6-9,12-14,19,22H,3-5,10-11H2,1-2H3,(H,32,34)(H,33,40)(H,35,38)(H,36,39)/t14-,19+,22+/m1/s1. The summed E-state index contributed by atoms with van der Waals surface area (Å²) in [5, 5.41) is 8.60. The molecular weight excluding hydrogens is 574 g/mol. The van der Waals surface area contributed by atoms with Crippen molar-refractivity contribution in [3.63, 3.8) is 0 Å². The lowest BCUT2D eigenvalue weighted by Crippen LogP contribution is -2.49. The molecule has 0 saturated carbocycles. The van der Waals surface area contributed by atoms with Crippen LogP contribution in [0, 0.1) is 11.7 Å². The number of hydrogen-bond acceptors (Lipinski definition) is 5. The Kier molecular flexibility index (Phi) is 8.37. The lowest BCUT2D eigenvalue weighted by atomic mass is 9.97. The van der Waals surface area contributed by atoms with E-state index < -0.39 is 24.0 Å².